The monoisotopic (exact) mass is 406 g/mol. The summed E-state index contributed by atoms with van der Waals surface area (Å²) < 4.78 is 0. The molecule has 2 saturated heterocycles. The summed E-state index contributed by atoms with van der Waals surface area (Å²) in [7, 11) is 0. The van der Waals surface area contributed by atoms with Crippen molar-refractivity contribution < 1.29 is 9.59 Å². The van der Waals surface area contributed by atoms with Crippen LogP contribution in [0.3, 0.4) is 0 Å². The fourth-order valence-electron chi connectivity index (χ4n) is 4.49. The zero-order chi connectivity index (χ0) is 20.9. The van der Waals surface area contributed by atoms with Crippen LogP contribution in [-0.4, -0.2) is 51.2 Å². The van der Waals surface area contributed by atoms with Gasteiger partial charge in [0.15, 0.2) is 5.82 Å². The molecule has 6 nitrogen and oxygen atoms in total. The van der Waals surface area contributed by atoms with E-state index in [0.717, 1.165) is 57.3 Å². The third kappa shape index (κ3) is 4.53. The molecule has 6 heteroatoms. The maximum Gasteiger partial charge on any atom is 0.257 e. The molecule has 1 aromatic heterocycles. The zero-order valence-electron chi connectivity index (χ0n) is 17.7. The van der Waals surface area contributed by atoms with Gasteiger partial charge >= 0.3 is 0 Å². The lowest BCUT2D eigenvalue weighted by Gasteiger charge is -2.35. The van der Waals surface area contributed by atoms with E-state index in [2.05, 4.69) is 4.98 Å². The second-order valence-corrected chi connectivity index (χ2v) is 8.34. The number of aromatic nitrogens is 2. The number of carbonyl (C=O) groups excluding carboxylic acids is 2. The maximum atomic E-state index is 13.0. The van der Waals surface area contributed by atoms with Crippen molar-refractivity contribution in [1.82, 2.24) is 19.8 Å². The average molecular weight is 407 g/mol. The van der Waals surface area contributed by atoms with Gasteiger partial charge in [-0.15, -0.1) is 0 Å². The van der Waals surface area contributed by atoms with Crippen molar-refractivity contribution in [3.8, 4) is 0 Å². The molecule has 2 aliphatic rings. The molecule has 158 valence electrons. The number of hydrogen-bond donors (Lipinski definition) is 0. The fraction of sp³-hybridized carbons (Fsp3) is 0.500. The van der Waals surface area contributed by atoms with Crippen molar-refractivity contribution >= 4 is 11.8 Å². The molecule has 1 aromatic carbocycles. The molecule has 0 spiro atoms. The van der Waals surface area contributed by atoms with Crippen LogP contribution in [-0.2, 0) is 11.2 Å². The minimum absolute atomic E-state index is 0.0272. The molecule has 0 N–H and O–H groups in total. The van der Waals surface area contributed by atoms with Crippen LogP contribution in [0.15, 0.2) is 36.5 Å². The van der Waals surface area contributed by atoms with Gasteiger partial charge in [0.25, 0.3) is 5.91 Å². The number of aryl methyl sites for hydroxylation is 1. The zero-order valence-corrected chi connectivity index (χ0v) is 17.7. The first-order chi connectivity index (χ1) is 14.6. The Balaban J connectivity index is 1.51. The number of hydrogen-bond acceptors (Lipinski definition) is 4. The Hall–Kier alpha value is -2.76. The number of carbonyl (C=O) groups is 2. The summed E-state index contributed by atoms with van der Waals surface area (Å²) in [6.07, 6.45) is 8.28. The van der Waals surface area contributed by atoms with Crippen LogP contribution in [0.5, 0.6) is 0 Å². The van der Waals surface area contributed by atoms with Gasteiger partial charge < -0.3 is 9.80 Å². The van der Waals surface area contributed by atoms with Gasteiger partial charge in [0.05, 0.1) is 23.7 Å². The van der Waals surface area contributed by atoms with E-state index >= 15 is 0 Å². The van der Waals surface area contributed by atoms with Gasteiger partial charge in [0.1, 0.15) is 0 Å². The number of nitrogens with zero attached hydrogens (tertiary/aromatic N) is 4. The molecule has 0 bridgehead atoms. The highest BCUT2D eigenvalue weighted by Gasteiger charge is 2.31. The number of amides is 2. The minimum Gasteiger partial charge on any atom is -0.339 e. The third-order valence-electron chi connectivity index (χ3n) is 6.19. The van der Waals surface area contributed by atoms with Crippen LogP contribution in [0.25, 0.3) is 0 Å². The molecule has 2 aliphatic heterocycles. The largest absolute Gasteiger partial charge is 0.339 e. The lowest BCUT2D eigenvalue weighted by Crippen LogP contribution is -2.40. The van der Waals surface area contributed by atoms with E-state index in [9.17, 15) is 9.59 Å². The van der Waals surface area contributed by atoms with E-state index in [1.165, 1.54) is 6.42 Å². The molecule has 0 aliphatic carbocycles. The van der Waals surface area contributed by atoms with Crippen LogP contribution < -0.4 is 0 Å². The van der Waals surface area contributed by atoms with E-state index in [4.69, 9.17) is 4.98 Å². The van der Waals surface area contributed by atoms with Gasteiger partial charge in [-0.2, -0.15) is 0 Å². The highest BCUT2D eigenvalue weighted by Crippen LogP contribution is 2.30. The summed E-state index contributed by atoms with van der Waals surface area (Å²) in [4.78, 5) is 39.0. The highest BCUT2D eigenvalue weighted by atomic mass is 16.2. The lowest BCUT2D eigenvalue weighted by atomic mass is 9.99. The van der Waals surface area contributed by atoms with Gasteiger partial charge in [-0.05, 0) is 51.0 Å². The summed E-state index contributed by atoms with van der Waals surface area (Å²) in [5.74, 6) is 0.795. The summed E-state index contributed by atoms with van der Waals surface area (Å²) in [6, 6.07) is 9.73. The Morgan fingerprint density at radius 1 is 1.00 bits per heavy atom. The molecule has 0 radical (unpaired) electrons. The average Bonchev–Trinajstić information content (AvgIpc) is 2.80. The predicted octanol–water partition coefficient (Wildman–Crippen LogP) is 3.71. The Morgan fingerprint density at radius 2 is 1.73 bits per heavy atom. The van der Waals surface area contributed by atoms with Gasteiger partial charge in [-0.25, -0.2) is 9.97 Å². The van der Waals surface area contributed by atoms with Gasteiger partial charge in [-0.3, -0.25) is 9.59 Å². The maximum absolute atomic E-state index is 13.0. The first-order valence-electron chi connectivity index (χ1n) is 11.1. The molecule has 2 fully saturated rings. The van der Waals surface area contributed by atoms with Crippen LogP contribution in [0.2, 0.25) is 0 Å². The van der Waals surface area contributed by atoms with Gasteiger partial charge in [0.2, 0.25) is 5.91 Å². The molecule has 3 heterocycles. The number of benzene rings is 1. The SMILES string of the molecule is Cc1nc([C@@H]2CCCCN2C(=O)Cc2ccccc2)ncc1C(=O)N1CCCCC1. The number of likely N-dealkylation sites (tertiary alicyclic amines) is 2. The molecule has 0 unspecified atom stereocenters. The Morgan fingerprint density at radius 3 is 2.47 bits per heavy atom. The van der Waals surface area contributed by atoms with Crippen molar-refractivity contribution in [3.63, 3.8) is 0 Å². The molecule has 30 heavy (non-hydrogen) atoms. The van der Waals surface area contributed by atoms with Crippen LogP contribution in [0, 0.1) is 6.92 Å². The minimum atomic E-state index is -0.118. The predicted molar refractivity (Wildman–Crippen MR) is 115 cm³/mol. The van der Waals surface area contributed by atoms with Crippen molar-refractivity contribution in [2.75, 3.05) is 19.6 Å². The third-order valence-corrected chi connectivity index (χ3v) is 6.19. The molecule has 2 amide bonds. The van der Waals surface area contributed by atoms with E-state index < -0.39 is 0 Å². The van der Waals surface area contributed by atoms with Crippen LogP contribution in [0.4, 0.5) is 0 Å². The summed E-state index contributed by atoms with van der Waals surface area (Å²) in [6.45, 7) is 4.23. The van der Waals surface area contributed by atoms with Crippen molar-refractivity contribution in [2.45, 2.75) is 57.9 Å². The van der Waals surface area contributed by atoms with E-state index in [0.29, 0.717) is 23.5 Å². The van der Waals surface area contributed by atoms with Crippen molar-refractivity contribution in [3.05, 3.63) is 59.2 Å². The van der Waals surface area contributed by atoms with Crippen LogP contribution in [0.1, 0.15) is 72.0 Å². The standard InChI is InChI=1S/C24H30N4O2/c1-18-20(24(30)27-13-7-3-8-14-27)17-25-23(26-18)21-12-6-9-15-28(21)22(29)16-19-10-4-2-5-11-19/h2,4-5,10-11,17,21H,3,6-9,12-16H2,1H3/t21-/m0/s1. The topological polar surface area (TPSA) is 66.4 Å². The normalized spacial score (nSPS) is 19.6. The Kier molecular flexibility index (Phi) is 6.41. The fourth-order valence-corrected chi connectivity index (χ4v) is 4.49. The first-order valence-corrected chi connectivity index (χ1v) is 11.1. The quantitative estimate of drug-likeness (QED) is 0.776. The Bertz CT molecular complexity index is 893. The summed E-state index contributed by atoms with van der Waals surface area (Å²) >= 11 is 0. The summed E-state index contributed by atoms with van der Waals surface area (Å²) in [5, 5.41) is 0. The lowest BCUT2D eigenvalue weighted by molar-refractivity contribution is -0.134. The molecule has 4 rings (SSSR count). The molecule has 1 atom stereocenters. The van der Waals surface area contributed by atoms with Crippen molar-refractivity contribution in [1.29, 1.82) is 0 Å². The highest BCUT2D eigenvalue weighted by molar-refractivity contribution is 5.95. The van der Waals surface area contributed by atoms with Gasteiger partial charge in [0, 0.05) is 25.8 Å². The first kappa shape index (κ1) is 20.5. The molecule has 2 aromatic rings. The van der Waals surface area contributed by atoms with Crippen molar-refractivity contribution in [2.24, 2.45) is 0 Å². The van der Waals surface area contributed by atoms with E-state index in [1.54, 1.807) is 6.20 Å². The second-order valence-electron chi connectivity index (χ2n) is 8.34. The molecular weight excluding hydrogens is 376 g/mol. The number of piperidine rings is 2. The summed E-state index contributed by atoms with van der Waals surface area (Å²) in [5.41, 5.74) is 2.31. The molecular formula is C24H30N4O2. The Labute approximate surface area is 178 Å². The molecule has 0 saturated carbocycles. The second kappa shape index (κ2) is 9.37. The van der Waals surface area contributed by atoms with E-state index in [1.807, 2.05) is 47.1 Å². The number of rotatable bonds is 4. The smallest absolute Gasteiger partial charge is 0.257 e. The van der Waals surface area contributed by atoms with E-state index in [-0.39, 0.29) is 17.9 Å². The van der Waals surface area contributed by atoms with Crippen LogP contribution >= 0.6 is 0 Å². The van der Waals surface area contributed by atoms with Gasteiger partial charge in [-0.1, -0.05) is 30.3 Å².